The van der Waals surface area contributed by atoms with Gasteiger partial charge in [0.1, 0.15) is 11.6 Å². The summed E-state index contributed by atoms with van der Waals surface area (Å²) in [5.74, 6) is 0.537. The molecule has 0 atom stereocenters. The van der Waals surface area contributed by atoms with E-state index in [-0.39, 0.29) is 11.8 Å². The zero-order chi connectivity index (χ0) is 19.8. The lowest BCUT2D eigenvalue weighted by Gasteiger charge is -2.09. The Hall–Kier alpha value is -3.48. The molecule has 0 amide bonds. The van der Waals surface area contributed by atoms with Gasteiger partial charge in [0.2, 0.25) is 5.95 Å². The first-order valence-electron chi connectivity index (χ1n) is 8.99. The van der Waals surface area contributed by atoms with Crippen molar-refractivity contribution in [1.29, 1.82) is 0 Å². The quantitative estimate of drug-likeness (QED) is 0.571. The van der Waals surface area contributed by atoms with E-state index in [2.05, 4.69) is 20.6 Å². The third kappa shape index (κ3) is 5.51. The van der Waals surface area contributed by atoms with Crippen molar-refractivity contribution in [1.82, 2.24) is 9.97 Å². The highest BCUT2D eigenvalue weighted by Crippen LogP contribution is 2.16. The number of carbonyl (C=O) groups is 1. The highest BCUT2D eigenvalue weighted by molar-refractivity contribution is 5.89. The van der Waals surface area contributed by atoms with Crippen LogP contribution in [0, 0.1) is 5.82 Å². The van der Waals surface area contributed by atoms with Crippen LogP contribution in [0.2, 0.25) is 0 Å². The number of hydrogen-bond donors (Lipinski definition) is 2. The predicted molar refractivity (Wildman–Crippen MR) is 106 cm³/mol. The summed E-state index contributed by atoms with van der Waals surface area (Å²) in [7, 11) is 0. The van der Waals surface area contributed by atoms with Gasteiger partial charge in [0.15, 0.2) is 0 Å². The van der Waals surface area contributed by atoms with E-state index in [0.717, 1.165) is 17.7 Å². The number of benzene rings is 2. The van der Waals surface area contributed by atoms with Gasteiger partial charge in [-0.15, -0.1) is 0 Å². The fourth-order valence-electron chi connectivity index (χ4n) is 2.54. The molecule has 0 unspecified atom stereocenters. The Morgan fingerprint density at radius 3 is 2.54 bits per heavy atom. The van der Waals surface area contributed by atoms with Crippen molar-refractivity contribution in [2.45, 2.75) is 13.3 Å². The van der Waals surface area contributed by atoms with Crippen molar-refractivity contribution in [3.63, 3.8) is 0 Å². The van der Waals surface area contributed by atoms with Crippen LogP contribution in [-0.4, -0.2) is 29.1 Å². The van der Waals surface area contributed by atoms with Crippen molar-refractivity contribution in [2.24, 2.45) is 0 Å². The van der Waals surface area contributed by atoms with Crippen LogP contribution in [-0.2, 0) is 11.2 Å². The first-order chi connectivity index (χ1) is 13.6. The minimum absolute atomic E-state index is 0.237. The molecule has 1 aromatic heterocycles. The lowest BCUT2D eigenvalue weighted by atomic mass is 10.1. The monoisotopic (exact) mass is 380 g/mol. The Morgan fingerprint density at radius 2 is 1.82 bits per heavy atom. The molecule has 0 aliphatic carbocycles. The first-order valence-corrected chi connectivity index (χ1v) is 8.99. The minimum Gasteiger partial charge on any atom is -0.462 e. The maximum Gasteiger partial charge on any atom is 0.338 e. The Morgan fingerprint density at radius 1 is 1.07 bits per heavy atom. The second-order valence-corrected chi connectivity index (χ2v) is 5.99. The number of esters is 1. The molecule has 3 aromatic rings. The molecule has 0 spiro atoms. The molecule has 0 radical (unpaired) electrons. The number of anilines is 3. The third-order valence-corrected chi connectivity index (χ3v) is 3.94. The van der Waals surface area contributed by atoms with Crippen LogP contribution in [0.25, 0.3) is 0 Å². The molecule has 144 valence electrons. The molecule has 2 N–H and O–H groups in total. The summed E-state index contributed by atoms with van der Waals surface area (Å²) in [6.07, 6.45) is 2.41. The zero-order valence-corrected chi connectivity index (χ0v) is 15.5. The molecular weight excluding hydrogens is 359 g/mol. The Balaban J connectivity index is 1.55. The second-order valence-electron chi connectivity index (χ2n) is 5.99. The average Bonchev–Trinajstić information content (AvgIpc) is 2.71. The molecule has 1 heterocycles. The summed E-state index contributed by atoms with van der Waals surface area (Å²) < 4.78 is 17.9. The number of nitrogens with zero attached hydrogens (tertiary/aromatic N) is 2. The molecule has 3 rings (SSSR count). The van der Waals surface area contributed by atoms with Crippen LogP contribution in [0.4, 0.5) is 21.8 Å². The SMILES string of the molecule is CCOC(=O)c1ccc(Nc2nccc(NCCc3ccc(F)cc3)n2)cc1. The molecule has 0 fully saturated rings. The zero-order valence-electron chi connectivity index (χ0n) is 15.5. The molecular formula is C21H21FN4O2. The van der Waals surface area contributed by atoms with Crippen molar-refractivity contribution in [3.05, 3.63) is 77.7 Å². The first kappa shape index (κ1) is 19.3. The number of halogens is 1. The third-order valence-electron chi connectivity index (χ3n) is 3.94. The molecule has 0 saturated heterocycles. The largest absolute Gasteiger partial charge is 0.462 e. The molecule has 0 aliphatic heterocycles. The van der Waals surface area contributed by atoms with E-state index in [9.17, 15) is 9.18 Å². The average molecular weight is 380 g/mol. The van der Waals surface area contributed by atoms with E-state index in [1.807, 2.05) is 0 Å². The molecule has 6 nitrogen and oxygen atoms in total. The van der Waals surface area contributed by atoms with Crippen LogP contribution in [0.5, 0.6) is 0 Å². The molecule has 28 heavy (non-hydrogen) atoms. The maximum absolute atomic E-state index is 12.9. The van der Waals surface area contributed by atoms with Gasteiger partial charge in [-0.2, -0.15) is 4.98 Å². The van der Waals surface area contributed by atoms with Crippen molar-refractivity contribution in [2.75, 3.05) is 23.8 Å². The number of carbonyl (C=O) groups excluding carboxylic acids is 1. The number of hydrogen-bond acceptors (Lipinski definition) is 6. The smallest absolute Gasteiger partial charge is 0.338 e. The van der Waals surface area contributed by atoms with Gasteiger partial charge in [0.25, 0.3) is 0 Å². The van der Waals surface area contributed by atoms with Crippen LogP contribution >= 0.6 is 0 Å². The van der Waals surface area contributed by atoms with Crippen LogP contribution in [0.15, 0.2) is 60.8 Å². The number of rotatable bonds is 8. The Labute approximate surface area is 162 Å². The maximum atomic E-state index is 12.9. The van der Waals surface area contributed by atoms with Crippen molar-refractivity contribution < 1.29 is 13.9 Å². The number of aromatic nitrogens is 2. The van der Waals surface area contributed by atoms with E-state index < -0.39 is 0 Å². The summed E-state index contributed by atoms with van der Waals surface area (Å²) in [4.78, 5) is 20.3. The fourth-order valence-corrected chi connectivity index (χ4v) is 2.54. The molecule has 0 saturated carbocycles. The Kier molecular flexibility index (Phi) is 6.51. The molecule has 7 heteroatoms. The van der Waals surface area contributed by atoms with Crippen molar-refractivity contribution >= 4 is 23.4 Å². The van der Waals surface area contributed by atoms with Gasteiger partial charge in [0, 0.05) is 18.4 Å². The summed E-state index contributed by atoms with van der Waals surface area (Å²) in [5, 5.41) is 6.33. The Bertz CT molecular complexity index is 914. The predicted octanol–water partition coefficient (Wildman–Crippen LogP) is 4.19. The molecule has 2 aromatic carbocycles. The van der Waals surface area contributed by atoms with Crippen LogP contribution < -0.4 is 10.6 Å². The van der Waals surface area contributed by atoms with Gasteiger partial charge in [-0.3, -0.25) is 0 Å². The highest BCUT2D eigenvalue weighted by atomic mass is 19.1. The van der Waals surface area contributed by atoms with Gasteiger partial charge in [-0.1, -0.05) is 12.1 Å². The summed E-state index contributed by atoms with van der Waals surface area (Å²) in [6, 6.07) is 15.1. The number of ether oxygens (including phenoxy) is 1. The number of nitrogens with one attached hydrogen (secondary N) is 2. The van der Waals surface area contributed by atoms with E-state index in [1.54, 1.807) is 55.6 Å². The second kappa shape index (κ2) is 9.45. The van der Waals surface area contributed by atoms with Gasteiger partial charge in [0.05, 0.1) is 12.2 Å². The van der Waals surface area contributed by atoms with Crippen molar-refractivity contribution in [3.8, 4) is 0 Å². The van der Waals surface area contributed by atoms with Gasteiger partial charge in [-0.25, -0.2) is 14.2 Å². The summed E-state index contributed by atoms with van der Waals surface area (Å²) in [6.45, 7) is 2.77. The lowest BCUT2D eigenvalue weighted by molar-refractivity contribution is 0.0526. The molecule has 0 bridgehead atoms. The van der Waals surface area contributed by atoms with E-state index in [1.165, 1.54) is 12.1 Å². The topological polar surface area (TPSA) is 76.1 Å². The van der Waals surface area contributed by atoms with Gasteiger partial charge >= 0.3 is 5.97 Å². The van der Waals surface area contributed by atoms with Crippen LogP contribution in [0.3, 0.4) is 0 Å². The van der Waals surface area contributed by atoms with Gasteiger partial charge < -0.3 is 15.4 Å². The molecule has 0 aliphatic rings. The highest BCUT2D eigenvalue weighted by Gasteiger charge is 2.06. The minimum atomic E-state index is -0.349. The standard InChI is InChI=1S/C21H21FN4O2/c1-2-28-20(27)16-5-9-18(10-6-16)25-21-24-14-12-19(26-21)23-13-11-15-3-7-17(22)8-4-15/h3-10,12,14H,2,11,13H2,1H3,(H2,23,24,25,26). The summed E-state index contributed by atoms with van der Waals surface area (Å²) >= 11 is 0. The van der Waals surface area contributed by atoms with Gasteiger partial charge in [-0.05, 0) is 61.4 Å². The van der Waals surface area contributed by atoms with E-state index in [4.69, 9.17) is 4.74 Å². The lowest BCUT2D eigenvalue weighted by Crippen LogP contribution is -2.08. The summed E-state index contributed by atoms with van der Waals surface area (Å²) in [5.41, 5.74) is 2.30. The normalized spacial score (nSPS) is 10.4. The fraction of sp³-hybridized carbons (Fsp3) is 0.190. The van der Waals surface area contributed by atoms with E-state index >= 15 is 0 Å². The van der Waals surface area contributed by atoms with Crippen LogP contribution in [0.1, 0.15) is 22.8 Å². The van der Waals surface area contributed by atoms with E-state index in [0.29, 0.717) is 30.5 Å².